The van der Waals surface area contributed by atoms with Gasteiger partial charge in [-0.05, 0) is 24.3 Å². The number of anilines is 2. The molecule has 7 nitrogen and oxygen atoms in total. The number of hydrogen-bond donors (Lipinski definition) is 3. The van der Waals surface area contributed by atoms with E-state index in [4.69, 9.17) is 4.74 Å². The summed E-state index contributed by atoms with van der Waals surface area (Å²) < 4.78 is 30.0. The first kappa shape index (κ1) is 17.6. The third kappa shape index (κ3) is 5.47. The molecule has 0 saturated carbocycles. The fraction of sp³-hybridized carbons (Fsp3) is 0.188. The van der Waals surface area contributed by atoms with Gasteiger partial charge in [-0.1, -0.05) is 24.3 Å². The second-order valence-corrected chi connectivity index (χ2v) is 6.82. The van der Waals surface area contributed by atoms with Crippen molar-refractivity contribution in [1.82, 2.24) is 5.32 Å². The van der Waals surface area contributed by atoms with Gasteiger partial charge in [0, 0.05) is 17.8 Å². The van der Waals surface area contributed by atoms with Crippen LogP contribution >= 0.6 is 0 Å². The number of carbonyl (C=O) groups is 1. The van der Waals surface area contributed by atoms with Gasteiger partial charge in [0.05, 0.1) is 19.1 Å². The summed E-state index contributed by atoms with van der Waals surface area (Å²) in [7, 11) is -1.80. The first-order valence-corrected chi connectivity index (χ1v) is 9.01. The SMILES string of the molecule is COc1ccccc1CNC(=O)Nc1cccc(NS(C)(=O)=O)c1. The maximum absolute atomic E-state index is 12.0. The van der Waals surface area contributed by atoms with Gasteiger partial charge in [0.25, 0.3) is 0 Å². The van der Waals surface area contributed by atoms with Crippen molar-refractivity contribution < 1.29 is 17.9 Å². The van der Waals surface area contributed by atoms with E-state index in [0.717, 1.165) is 11.8 Å². The van der Waals surface area contributed by atoms with Crippen molar-refractivity contribution in [3.05, 3.63) is 54.1 Å². The van der Waals surface area contributed by atoms with Crippen LogP contribution in [0.1, 0.15) is 5.56 Å². The quantitative estimate of drug-likeness (QED) is 0.746. The highest BCUT2D eigenvalue weighted by atomic mass is 32.2. The number of rotatable bonds is 6. The van der Waals surface area contributed by atoms with Crippen LogP contribution in [0, 0.1) is 0 Å². The number of benzene rings is 2. The third-order valence-corrected chi connectivity index (χ3v) is 3.66. The minimum Gasteiger partial charge on any atom is -0.496 e. The Morgan fingerprint density at radius 3 is 2.50 bits per heavy atom. The molecule has 2 amide bonds. The molecular weight excluding hydrogens is 330 g/mol. The molecule has 0 aromatic heterocycles. The number of hydrogen-bond acceptors (Lipinski definition) is 4. The molecule has 24 heavy (non-hydrogen) atoms. The molecule has 8 heteroatoms. The molecule has 0 unspecified atom stereocenters. The van der Waals surface area contributed by atoms with E-state index in [-0.39, 0.29) is 0 Å². The molecule has 0 aliphatic carbocycles. The van der Waals surface area contributed by atoms with Gasteiger partial charge in [0.1, 0.15) is 5.75 Å². The number of ether oxygens (including phenoxy) is 1. The van der Waals surface area contributed by atoms with Crippen LogP contribution in [-0.2, 0) is 16.6 Å². The summed E-state index contributed by atoms with van der Waals surface area (Å²) >= 11 is 0. The van der Waals surface area contributed by atoms with E-state index in [2.05, 4.69) is 15.4 Å². The topological polar surface area (TPSA) is 96.5 Å². The molecule has 3 N–H and O–H groups in total. The molecule has 0 atom stereocenters. The van der Waals surface area contributed by atoms with E-state index < -0.39 is 16.1 Å². The van der Waals surface area contributed by atoms with Gasteiger partial charge in [-0.15, -0.1) is 0 Å². The molecule has 0 saturated heterocycles. The maximum atomic E-state index is 12.0. The van der Waals surface area contributed by atoms with Crippen LogP contribution in [0.3, 0.4) is 0 Å². The molecule has 0 spiro atoms. The van der Waals surface area contributed by atoms with Crippen LogP contribution in [0.15, 0.2) is 48.5 Å². The van der Waals surface area contributed by atoms with Crippen molar-refractivity contribution >= 4 is 27.4 Å². The standard InChI is InChI=1S/C16H19N3O4S/c1-23-15-9-4-3-6-12(15)11-17-16(20)18-13-7-5-8-14(10-13)19-24(2,21)22/h3-10,19H,11H2,1-2H3,(H2,17,18,20). The van der Waals surface area contributed by atoms with Crippen molar-refractivity contribution in [2.45, 2.75) is 6.54 Å². The zero-order valence-corrected chi connectivity index (χ0v) is 14.2. The van der Waals surface area contributed by atoms with E-state index in [1.165, 1.54) is 6.07 Å². The summed E-state index contributed by atoms with van der Waals surface area (Å²) in [5, 5.41) is 5.37. The Hall–Kier alpha value is -2.74. The second kappa shape index (κ2) is 7.69. The van der Waals surface area contributed by atoms with E-state index in [9.17, 15) is 13.2 Å². The number of carbonyl (C=O) groups excluding carboxylic acids is 1. The second-order valence-electron chi connectivity index (χ2n) is 5.07. The third-order valence-electron chi connectivity index (χ3n) is 3.06. The average molecular weight is 349 g/mol. The molecule has 0 heterocycles. The fourth-order valence-electron chi connectivity index (χ4n) is 2.07. The molecule has 2 aromatic rings. The maximum Gasteiger partial charge on any atom is 0.319 e. The Balaban J connectivity index is 1.96. The predicted octanol–water partition coefficient (Wildman–Crippen LogP) is 2.39. The molecule has 0 bridgehead atoms. The average Bonchev–Trinajstić information content (AvgIpc) is 2.52. The molecule has 2 aromatic carbocycles. The van der Waals surface area contributed by atoms with E-state index in [1.54, 1.807) is 25.3 Å². The Labute approximate surface area is 141 Å². The van der Waals surface area contributed by atoms with Crippen molar-refractivity contribution in [3.8, 4) is 5.75 Å². The lowest BCUT2D eigenvalue weighted by molar-refractivity contribution is 0.251. The van der Waals surface area contributed by atoms with E-state index in [1.807, 2.05) is 24.3 Å². The summed E-state index contributed by atoms with van der Waals surface area (Å²) in [6.45, 7) is 0.303. The summed E-state index contributed by atoms with van der Waals surface area (Å²) in [5.41, 5.74) is 1.70. The van der Waals surface area contributed by atoms with E-state index >= 15 is 0 Å². The molecule has 128 valence electrons. The summed E-state index contributed by atoms with van der Waals surface area (Å²) in [6.07, 6.45) is 1.06. The molecule has 0 fully saturated rings. The van der Waals surface area contributed by atoms with E-state index in [0.29, 0.717) is 23.7 Å². The number of amides is 2. The largest absolute Gasteiger partial charge is 0.496 e. The minimum atomic E-state index is -3.37. The van der Waals surface area contributed by atoms with Gasteiger partial charge in [-0.3, -0.25) is 4.72 Å². The monoisotopic (exact) mass is 349 g/mol. The highest BCUT2D eigenvalue weighted by Crippen LogP contribution is 2.18. The summed E-state index contributed by atoms with van der Waals surface area (Å²) in [6, 6.07) is 13.4. The van der Waals surface area contributed by atoms with Gasteiger partial charge < -0.3 is 15.4 Å². The Kier molecular flexibility index (Phi) is 5.64. The lowest BCUT2D eigenvalue weighted by atomic mass is 10.2. The summed E-state index contributed by atoms with van der Waals surface area (Å²) in [4.78, 5) is 12.0. The minimum absolute atomic E-state index is 0.303. The Bertz CT molecular complexity index is 822. The highest BCUT2D eigenvalue weighted by Gasteiger charge is 2.07. The first-order valence-electron chi connectivity index (χ1n) is 7.12. The number of nitrogens with one attached hydrogen (secondary N) is 3. The Morgan fingerprint density at radius 1 is 1.08 bits per heavy atom. The van der Waals surface area contributed by atoms with Crippen molar-refractivity contribution in [2.24, 2.45) is 0 Å². The molecule has 0 aliphatic heterocycles. The van der Waals surface area contributed by atoms with Gasteiger partial charge in [0.2, 0.25) is 10.0 Å². The van der Waals surface area contributed by atoms with Crippen LogP contribution in [-0.4, -0.2) is 27.8 Å². The van der Waals surface area contributed by atoms with Gasteiger partial charge in [-0.25, -0.2) is 13.2 Å². The van der Waals surface area contributed by atoms with Crippen molar-refractivity contribution in [1.29, 1.82) is 0 Å². The summed E-state index contributed by atoms with van der Waals surface area (Å²) in [5.74, 6) is 0.692. The zero-order chi connectivity index (χ0) is 17.6. The van der Waals surface area contributed by atoms with Crippen LogP contribution in [0.5, 0.6) is 5.75 Å². The highest BCUT2D eigenvalue weighted by molar-refractivity contribution is 7.92. The van der Waals surface area contributed by atoms with Gasteiger partial charge >= 0.3 is 6.03 Å². The van der Waals surface area contributed by atoms with Crippen LogP contribution in [0.4, 0.5) is 16.2 Å². The van der Waals surface area contributed by atoms with Crippen LogP contribution in [0.25, 0.3) is 0 Å². The zero-order valence-electron chi connectivity index (χ0n) is 13.4. The first-order chi connectivity index (χ1) is 11.4. The lowest BCUT2D eigenvalue weighted by Crippen LogP contribution is -2.28. The predicted molar refractivity (Wildman–Crippen MR) is 93.8 cm³/mol. The number of para-hydroxylation sites is 1. The number of sulfonamides is 1. The van der Waals surface area contributed by atoms with Crippen LogP contribution < -0.4 is 20.1 Å². The van der Waals surface area contributed by atoms with Crippen molar-refractivity contribution in [2.75, 3.05) is 23.4 Å². The smallest absolute Gasteiger partial charge is 0.319 e. The van der Waals surface area contributed by atoms with Crippen LogP contribution in [0.2, 0.25) is 0 Å². The van der Waals surface area contributed by atoms with Gasteiger partial charge in [-0.2, -0.15) is 0 Å². The van der Waals surface area contributed by atoms with Gasteiger partial charge in [0.15, 0.2) is 0 Å². The van der Waals surface area contributed by atoms with Crippen molar-refractivity contribution in [3.63, 3.8) is 0 Å². The molecule has 0 radical (unpaired) electrons. The fourth-order valence-corrected chi connectivity index (χ4v) is 2.63. The molecule has 2 rings (SSSR count). The lowest BCUT2D eigenvalue weighted by Gasteiger charge is -2.11. The number of methoxy groups -OCH3 is 1. The normalized spacial score (nSPS) is 10.8. The molecular formula is C16H19N3O4S. The Morgan fingerprint density at radius 2 is 1.79 bits per heavy atom. The number of urea groups is 1. The molecule has 0 aliphatic rings.